The van der Waals surface area contributed by atoms with Gasteiger partial charge in [0.05, 0.1) is 38.4 Å². The van der Waals surface area contributed by atoms with Gasteiger partial charge < -0.3 is 15.3 Å². The molecule has 3 unspecified atom stereocenters. The van der Waals surface area contributed by atoms with E-state index in [2.05, 4.69) is 20.2 Å². The van der Waals surface area contributed by atoms with Crippen molar-refractivity contribution in [3.8, 4) is 0 Å². The first-order valence-corrected chi connectivity index (χ1v) is 14.0. The first kappa shape index (κ1) is 21.4. The second-order valence-electron chi connectivity index (χ2n) is 10.9. The summed E-state index contributed by atoms with van der Waals surface area (Å²) in [4.78, 5) is 22.3. The summed E-state index contributed by atoms with van der Waals surface area (Å²) in [6.45, 7) is 0.0661. The van der Waals surface area contributed by atoms with Crippen LogP contribution in [0.1, 0.15) is 75.2 Å². The van der Waals surface area contributed by atoms with Crippen molar-refractivity contribution < 1.29 is 9.32 Å². The Morgan fingerprint density at radius 3 is 2.41 bits per heavy atom. The lowest BCUT2D eigenvalue weighted by molar-refractivity contribution is 0.143. The normalized spacial score (nSPS) is 31.9. The molecule has 3 atom stereocenters. The van der Waals surface area contributed by atoms with Gasteiger partial charge in [0.1, 0.15) is 16.5 Å². The number of piperidine rings is 1. The van der Waals surface area contributed by atoms with Crippen molar-refractivity contribution in [2.24, 2.45) is 0 Å². The Labute approximate surface area is 206 Å². The summed E-state index contributed by atoms with van der Waals surface area (Å²) >= 11 is 6.00. The topological polar surface area (TPSA) is 104 Å². The van der Waals surface area contributed by atoms with E-state index in [1.165, 1.54) is 0 Å². The van der Waals surface area contributed by atoms with E-state index in [0.717, 1.165) is 86.6 Å². The minimum atomic E-state index is -1.09. The number of aromatic nitrogens is 4. The van der Waals surface area contributed by atoms with E-state index in [1.54, 1.807) is 12.4 Å². The molecule has 3 aliphatic heterocycles. The number of rotatable bonds is 5. The zero-order valence-corrected chi connectivity index (χ0v) is 20.6. The summed E-state index contributed by atoms with van der Waals surface area (Å²) in [5, 5.41) is 14.2. The fourth-order valence-electron chi connectivity index (χ4n) is 6.51. The molecule has 4 fully saturated rings. The van der Waals surface area contributed by atoms with Gasteiger partial charge >= 0.3 is 0 Å². The lowest BCUT2D eigenvalue weighted by Crippen LogP contribution is -2.49. The Morgan fingerprint density at radius 1 is 1.12 bits per heavy atom. The molecule has 8 nitrogen and oxygen atoms in total. The fourth-order valence-corrected chi connectivity index (χ4v) is 8.39. The lowest BCUT2D eigenvalue weighted by Gasteiger charge is -2.42. The summed E-state index contributed by atoms with van der Waals surface area (Å²) < 4.78 is 13.3. The van der Waals surface area contributed by atoms with Gasteiger partial charge in [-0.2, -0.15) is 4.98 Å². The second kappa shape index (κ2) is 7.58. The van der Waals surface area contributed by atoms with Crippen LogP contribution in [0.3, 0.4) is 0 Å². The van der Waals surface area contributed by atoms with Gasteiger partial charge in [-0.25, -0.2) is 15.0 Å². The molecule has 2 saturated heterocycles. The molecule has 2 aromatic heterocycles. The van der Waals surface area contributed by atoms with Gasteiger partial charge in [-0.1, -0.05) is 11.6 Å². The van der Waals surface area contributed by atoms with E-state index >= 15 is 0 Å². The van der Waals surface area contributed by atoms with Crippen LogP contribution in [0.2, 0.25) is 5.02 Å². The minimum Gasteiger partial charge on any atom is -0.394 e. The highest BCUT2D eigenvalue weighted by atomic mass is 35.5. The number of nitrogens with zero attached hydrogens (tertiary/aromatic N) is 5. The van der Waals surface area contributed by atoms with Crippen LogP contribution in [-0.2, 0) is 17.2 Å². The number of hydrogen-bond acceptors (Lipinski definition) is 8. The quantitative estimate of drug-likeness (QED) is 0.644. The molecule has 180 valence electrons. The Kier molecular flexibility index (Phi) is 4.78. The van der Waals surface area contributed by atoms with Gasteiger partial charge in [0.2, 0.25) is 5.95 Å². The van der Waals surface area contributed by atoms with Crippen molar-refractivity contribution in [1.82, 2.24) is 19.9 Å². The van der Waals surface area contributed by atoms with Crippen molar-refractivity contribution in [1.29, 1.82) is 0 Å². The Hall–Kier alpha value is -1.84. The molecule has 10 heteroatoms. The molecule has 2 bridgehead atoms. The number of aliphatic hydroxyl groups excluding tert-OH is 1. The summed E-state index contributed by atoms with van der Waals surface area (Å²) in [7, 11) is -1.09. The highest BCUT2D eigenvalue weighted by molar-refractivity contribution is 7.87. The first-order chi connectivity index (χ1) is 16.5. The summed E-state index contributed by atoms with van der Waals surface area (Å²) in [5.41, 5.74) is 0.596. The van der Waals surface area contributed by atoms with Crippen LogP contribution in [0.25, 0.3) is 0 Å². The Morgan fingerprint density at radius 2 is 1.82 bits per heavy atom. The van der Waals surface area contributed by atoms with Gasteiger partial charge in [-0.15, -0.1) is 0 Å². The zero-order valence-electron chi connectivity index (χ0n) is 19.0. The first-order valence-electron chi connectivity index (χ1n) is 12.5. The molecule has 1 spiro atoms. The average Bonchev–Trinajstić information content (AvgIpc) is 3.47. The zero-order chi connectivity index (χ0) is 23.1. The molecule has 0 amide bonds. The molecule has 2 aromatic rings. The third-order valence-electron chi connectivity index (χ3n) is 8.77. The van der Waals surface area contributed by atoms with Crippen molar-refractivity contribution in [3.63, 3.8) is 0 Å². The molecule has 2 saturated carbocycles. The van der Waals surface area contributed by atoms with Crippen molar-refractivity contribution >= 4 is 34.2 Å². The standard InChI is InChI=1S/C24H29ClN6O2S/c25-15-11-26-20(27-12-15)14-8-16-2-3-17(9-14)31(16)22-28-18-10-24(6-7-24)34(33)19(18)21(29-22)30-23(13-32)4-1-5-23/h11-12,14,16-17,32H,1-10,13H2,(H,28,29,30). The van der Waals surface area contributed by atoms with E-state index < -0.39 is 10.8 Å². The molecule has 5 aliphatic rings. The van der Waals surface area contributed by atoms with Crippen LogP contribution in [0.4, 0.5) is 11.8 Å². The van der Waals surface area contributed by atoms with E-state index in [4.69, 9.17) is 21.6 Å². The predicted octanol–water partition coefficient (Wildman–Crippen LogP) is 3.36. The van der Waals surface area contributed by atoms with Gasteiger partial charge in [-0.05, 0) is 57.8 Å². The highest BCUT2D eigenvalue weighted by Crippen LogP contribution is 2.54. The van der Waals surface area contributed by atoms with Crippen molar-refractivity contribution in [2.45, 2.75) is 97.4 Å². The highest BCUT2D eigenvalue weighted by Gasteiger charge is 2.56. The van der Waals surface area contributed by atoms with E-state index in [9.17, 15) is 9.32 Å². The number of halogens is 1. The largest absolute Gasteiger partial charge is 0.394 e. The number of fused-ring (bicyclic) bond motifs is 3. The van der Waals surface area contributed by atoms with Crippen LogP contribution in [0.15, 0.2) is 17.3 Å². The molecule has 0 aromatic carbocycles. The van der Waals surface area contributed by atoms with E-state index in [1.807, 2.05) is 0 Å². The van der Waals surface area contributed by atoms with Crippen molar-refractivity contribution in [2.75, 3.05) is 16.8 Å². The van der Waals surface area contributed by atoms with Crippen LogP contribution < -0.4 is 10.2 Å². The third kappa shape index (κ3) is 3.23. The molecule has 2 N–H and O–H groups in total. The minimum absolute atomic E-state index is 0.0661. The van der Waals surface area contributed by atoms with Crippen LogP contribution in [-0.4, -0.2) is 58.2 Å². The fraction of sp³-hybridized carbons (Fsp3) is 0.667. The molecule has 5 heterocycles. The van der Waals surface area contributed by atoms with E-state index in [0.29, 0.717) is 28.8 Å². The number of hydrogen-bond donors (Lipinski definition) is 2. The smallest absolute Gasteiger partial charge is 0.228 e. The van der Waals surface area contributed by atoms with Gasteiger partial charge in [0.25, 0.3) is 0 Å². The van der Waals surface area contributed by atoms with Crippen LogP contribution in [0.5, 0.6) is 0 Å². The number of nitrogens with one attached hydrogen (secondary N) is 1. The molecular formula is C24H29ClN6O2S. The average molecular weight is 501 g/mol. The molecule has 7 rings (SSSR count). The number of aliphatic hydroxyl groups is 1. The summed E-state index contributed by atoms with van der Waals surface area (Å²) in [5.74, 6) is 2.64. The second-order valence-corrected chi connectivity index (χ2v) is 13.2. The van der Waals surface area contributed by atoms with Crippen molar-refractivity contribution in [3.05, 3.63) is 28.9 Å². The molecule has 34 heavy (non-hydrogen) atoms. The van der Waals surface area contributed by atoms with Gasteiger partial charge in [-0.3, -0.25) is 4.21 Å². The van der Waals surface area contributed by atoms with Crippen LogP contribution in [0, 0.1) is 0 Å². The predicted molar refractivity (Wildman–Crippen MR) is 130 cm³/mol. The monoisotopic (exact) mass is 500 g/mol. The van der Waals surface area contributed by atoms with Gasteiger partial charge in [0.15, 0.2) is 0 Å². The summed E-state index contributed by atoms with van der Waals surface area (Å²) in [6.07, 6.45) is 13.2. The molecule has 2 aliphatic carbocycles. The molecular weight excluding hydrogens is 472 g/mol. The SMILES string of the molecule is O=S1c2c(nc(N3C4CCC3CC(c3ncc(Cl)cn3)C4)nc2NC2(CO)CCC2)CC12CC2. The van der Waals surface area contributed by atoms with Gasteiger partial charge in [0, 0.05) is 36.8 Å². The maximum Gasteiger partial charge on any atom is 0.228 e. The maximum absolute atomic E-state index is 13.4. The van der Waals surface area contributed by atoms with Crippen LogP contribution >= 0.6 is 11.6 Å². The van der Waals surface area contributed by atoms with E-state index in [-0.39, 0.29) is 16.9 Å². The lowest BCUT2D eigenvalue weighted by atomic mass is 9.77. The third-order valence-corrected chi connectivity index (χ3v) is 11.1. The number of anilines is 2. The molecule has 0 radical (unpaired) electrons. The Bertz CT molecular complexity index is 1150. The summed E-state index contributed by atoms with van der Waals surface area (Å²) in [6, 6.07) is 0.678. The maximum atomic E-state index is 13.4. The Balaban J connectivity index is 1.23.